The van der Waals surface area contributed by atoms with E-state index in [1.807, 2.05) is 0 Å². The number of aliphatic hydroxyl groups is 1. The van der Waals surface area contributed by atoms with Gasteiger partial charge in [0.2, 0.25) is 5.91 Å². The molecule has 4 nitrogen and oxygen atoms in total. The molecular weight excluding hydrogens is 495 g/mol. The number of halogens is 7. The number of ether oxygens (including phenoxy) is 1. The maximum absolute atomic E-state index is 13.6. The molecule has 0 aliphatic carbocycles. The lowest BCUT2D eigenvalue weighted by Crippen LogP contribution is -2.46. The molecule has 0 radical (unpaired) electrons. The minimum Gasteiger partial charge on any atom is -0.393 e. The van der Waals surface area contributed by atoms with Crippen molar-refractivity contribution in [3.8, 4) is 0 Å². The predicted octanol–water partition coefficient (Wildman–Crippen LogP) is 5.53. The summed E-state index contributed by atoms with van der Waals surface area (Å²) < 4.78 is 98.8. The molecule has 0 saturated carbocycles. The van der Waals surface area contributed by atoms with Crippen LogP contribution in [0.4, 0.5) is 30.7 Å². The standard InChI is InChI=1S/C25H24F7NO3/c1-13(34)16-8-20-23(15-2-4-19(26)5-3-15)21(11-33(20)22(35)9-16)36-12-14-6-17(24(27,28)29)10-18(7-14)25(30,31)32/h2-7,10,13,16,20-21,23,34H,8-9,11-12H2,1H3. The number of benzene rings is 2. The molecule has 36 heavy (non-hydrogen) atoms. The Morgan fingerprint density at radius 3 is 2.14 bits per heavy atom. The van der Waals surface area contributed by atoms with Crippen LogP contribution < -0.4 is 0 Å². The van der Waals surface area contributed by atoms with Crippen molar-refractivity contribution in [2.75, 3.05) is 6.54 Å². The molecule has 0 bridgehead atoms. The molecule has 5 atom stereocenters. The molecule has 4 rings (SSSR count). The molecule has 11 heteroatoms. The summed E-state index contributed by atoms with van der Waals surface area (Å²) in [6.45, 7) is 1.10. The first-order valence-corrected chi connectivity index (χ1v) is 11.4. The molecule has 2 heterocycles. The molecule has 2 aliphatic rings. The van der Waals surface area contributed by atoms with Crippen LogP contribution in [-0.4, -0.2) is 40.7 Å². The molecular formula is C25H24F7NO3. The van der Waals surface area contributed by atoms with E-state index in [9.17, 15) is 40.6 Å². The summed E-state index contributed by atoms with van der Waals surface area (Å²) in [5.41, 5.74) is -2.57. The van der Waals surface area contributed by atoms with Crippen molar-refractivity contribution >= 4 is 5.91 Å². The quantitative estimate of drug-likeness (QED) is 0.529. The van der Waals surface area contributed by atoms with E-state index in [-0.39, 0.29) is 36.4 Å². The Kier molecular flexibility index (Phi) is 7.09. The van der Waals surface area contributed by atoms with E-state index < -0.39 is 60.1 Å². The maximum atomic E-state index is 13.6. The van der Waals surface area contributed by atoms with Gasteiger partial charge >= 0.3 is 12.4 Å². The van der Waals surface area contributed by atoms with Gasteiger partial charge in [0.05, 0.1) is 29.9 Å². The molecule has 5 unspecified atom stereocenters. The van der Waals surface area contributed by atoms with Gasteiger partial charge < -0.3 is 14.7 Å². The molecule has 2 aliphatic heterocycles. The van der Waals surface area contributed by atoms with Crippen molar-refractivity contribution in [2.24, 2.45) is 5.92 Å². The summed E-state index contributed by atoms with van der Waals surface area (Å²) in [5, 5.41) is 10.1. The van der Waals surface area contributed by atoms with Crippen molar-refractivity contribution in [1.29, 1.82) is 0 Å². The van der Waals surface area contributed by atoms with Crippen LogP contribution in [0.5, 0.6) is 0 Å². The Morgan fingerprint density at radius 2 is 1.61 bits per heavy atom. The van der Waals surface area contributed by atoms with Gasteiger partial charge in [0.25, 0.3) is 0 Å². The largest absolute Gasteiger partial charge is 0.416 e. The van der Waals surface area contributed by atoms with Crippen LogP contribution in [0.15, 0.2) is 42.5 Å². The third-order valence-corrected chi connectivity index (χ3v) is 6.94. The first-order valence-electron chi connectivity index (χ1n) is 11.4. The number of fused-ring (bicyclic) bond motifs is 1. The zero-order valence-corrected chi connectivity index (χ0v) is 19.1. The molecule has 196 valence electrons. The first kappa shape index (κ1) is 26.4. The summed E-state index contributed by atoms with van der Waals surface area (Å²) in [4.78, 5) is 14.4. The van der Waals surface area contributed by atoms with Crippen LogP contribution >= 0.6 is 0 Å². The van der Waals surface area contributed by atoms with Crippen LogP contribution in [-0.2, 0) is 28.5 Å². The molecule has 1 amide bonds. The van der Waals surface area contributed by atoms with Crippen LogP contribution in [0.2, 0.25) is 0 Å². The van der Waals surface area contributed by atoms with Gasteiger partial charge in [0.15, 0.2) is 0 Å². The average Bonchev–Trinajstić information content (AvgIpc) is 3.16. The maximum Gasteiger partial charge on any atom is 0.416 e. The van der Waals surface area contributed by atoms with Gasteiger partial charge in [0, 0.05) is 24.9 Å². The van der Waals surface area contributed by atoms with Crippen LogP contribution in [0.1, 0.15) is 47.9 Å². The normalized spacial score (nSPS) is 25.7. The summed E-state index contributed by atoms with van der Waals surface area (Å²) in [6, 6.07) is 6.34. The number of hydrogen-bond donors (Lipinski definition) is 1. The fourth-order valence-electron chi connectivity index (χ4n) is 5.13. The van der Waals surface area contributed by atoms with Gasteiger partial charge in [0.1, 0.15) is 5.82 Å². The highest BCUT2D eigenvalue weighted by Gasteiger charge is 2.49. The van der Waals surface area contributed by atoms with E-state index in [0.717, 1.165) is 0 Å². The average molecular weight is 519 g/mol. The SMILES string of the molecule is CC(O)C1CC(=O)N2CC(OCc3cc(C(F)(F)F)cc(C(F)(F)F)c3)C(c3ccc(F)cc3)C2C1. The molecule has 2 fully saturated rings. The van der Waals surface area contributed by atoms with Crippen molar-refractivity contribution in [3.63, 3.8) is 0 Å². The molecule has 2 aromatic rings. The van der Waals surface area contributed by atoms with E-state index in [1.54, 1.807) is 11.8 Å². The zero-order chi connectivity index (χ0) is 26.4. The van der Waals surface area contributed by atoms with Crippen LogP contribution in [0.3, 0.4) is 0 Å². The Labute approximate surface area is 202 Å². The second-order valence-electron chi connectivity index (χ2n) is 9.39. The van der Waals surface area contributed by atoms with Crippen molar-refractivity contribution in [1.82, 2.24) is 4.90 Å². The zero-order valence-electron chi connectivity index (χ0n) is 19.1. The fourth-order valence-corrected chi connectivity index (χ4v) is 5.13. The number of nitrogens with zero attached hydrogens (tertiary/aromatic N) is 1. The Balaban J connectivity index is 1.64. The smallest absolute Gasteiger partial charge is 0.393 e. The number of amides is 1. The number of carbonyl (C=O) groups is 1. The number of piperidine rings is 1. The molecule has 0 aromatic heterocycles. The van der Waals surface area contributed by atoms with E-state index in [4.69, 9.17) is 4.74 Å². The molecule has 1 N–H and O–H groups in total. The van der Waals surface area contributed by atoms with Crippen LogP contribution in [0, 0.1) is 11.7 Å². The Bertz CT molecular complexity index is 1070. The van der Waals surface area contributed by atoms with E-state index in [2.05, 4.69) is 0 Å². The van der Waals surface area contributed by atoms with Crippen molar-refractivity contribution < 1.29 is 45.4 Å². The third-order valence-electron chi connectivity index (χ3n) is 6.94. The van der Waals surface area contributed by atoms with E-state index >= 15 is 0 Å². The Morgan fingerprint density at radius 1 is 1.03 bits per heavy atom. The second-order valence-corrected chi connectivity index (χ2v) is 9.39. The monoisotopic (exact) mass is 519 g/mol. The third kappa shape index (κ3) is 5.51. The Hall–Kier alpha value is -2.66. The highest BCUT2D eigenvalue weighted by atomic mass is 19.4. The summed E-state index contributed by atoms with van der Waals surface area (Å²) in [6.07, 6.45) is -10.9. The van der Waals surface area contributed by atoms with Gasteiger partial charge in [-0.15, -0.1) is 0 Å². The minimum absolute atomic E-state index is 0.0511. The number of rotatable bonds is 5. The highest BCUT2D eigenvalue weighted by Crippen LogP contribution is 2.44. The van der Waals surface area contributed by atoms with Gasteiger partial charge in [-0.2, -0.15) is 26.3 Å². The first-order chi connectivity index (χ1) is 16.7. The lowest BCUT2D eigenvalue weighted by molar-refractivity contribution is -0.143. The number of alkyl halides is 6. The van der Waals surface area contributed by atoms with Gasteiger partial charge in [-0.05, 0) is 60.7 Å². The highest BCUT2D eigenvalue weighted by molar-refractivity contribution is 5.78. The lowest BCUT2D eigenvalue weighted by atomic mass is 9.80. The number of carbonyl (C=O) groups excluding carboxylic acids is 1. The number of hydrogen-bond acceptors (Lipinski definition) is 3. The van der Waals surface area contributed by atoms with Gasteiger partial charge in [-0.3, -0.25) is 4.79 Å². The summed E-state index contributed by atoms with van der Waals surface area (Å²) in [7, 11) is 0. The minimum atomic E-state index is -4.98. The topological polar surface area (TPSA) is 49.8 Å². The molecule has 0 spiro atoms. The lowest BCUT2D eigenvalue weighted by Gasteiger charge is -2.38. The van der Waals surface area contributed by atoms with Crippen molar-refractivity contribution in [2.45, 2.75) is 62.9 Å². The predicted molar refractivity (Wildman–Crippen MR) is 114 cm³/mol. The summed E-state index contributed by atoms with van der Waals surface area (Å²) >= 11 is 0. The fraction of sp³-hybridized carbons (Fsp3) is 0.480. The van der Waals surface area contributed by atoms with Crippen molar-refractivity contribution in [3.05, 3.63) is 70.5 Å². The molecule has 2 aromatic carbocycles. The van der Waals surface area contributed by atoms with E-state index in [0.29, 0.717) is 24.1 Å². The van der Waals surface area contributed by atoms with E-state index in [1.165, 1.54) is 24.3 Å². The van der Waals surface area contributed by atoms with Gasteiger partial charge in [-0.25, -0.2) is 4.39 Å². The van der Waals surface area contributed by atoms with Crippen LogP contribution in [0.25, 0.3) is 0 Å². The molecule has 2 saturated heterocycles. The van der Waals surface area contributed by atoms with Gasteiger partial charge in [-0.1, -0.05) is 12.1 Å². The summed E-state index contributed by atoms with van der Waals surface area (Å²) in [5.74, 6) is -1.55. The number of aliphatic hydroxyl groups excluding tert-OH is 1. The second kappa shape index (κ2) is 9.66.